The van der Waals surface area contributed by atoms with Crippen molar-refractivity contribution in [1.82, 2.24) is 9.62 Å². The van der Waals surface area contributed by atoms with Crippen LogP contribution in [0.4, 0.5) is 5.69 Å². The Morgan fingerprint density at radius 3 is 2.52 bits per heavy atom. The monoisotopic (exact) mass is 338 g/mol. The van der Waals surface area contributed by atoms with Gasteiger partial charge in [-0.15, -0.1) is 0 Å². The maximum atomic E-state index is 11.5. The molecule has 7 heteroatoms. The molecular formula is C16H26N4O2S. The standard InChI is InChI=1S/C16H26N4O2S/c1-2-23(21,22)18-12-11-17-16(20-13-7-4-8-14-20)19-15-9-5-3-6-10-15/h3,5-6,9-10,18H,2,4,7-8,11-14H2,1H3,(H,17,19). The van der Waals surface area contributed by atoms with Gasteiger partial charge in [-0.2, -0.15) is 0 Å². The van der Waals surface area contributed by atoms with E-state index in [9.17, 15) is 8.42 Å². The van der Waals surface area contributed by atoms with Crippen LogP contribution in [0.1, 0.15) is 26.2 Å². The van der Waals surface area contributed by atoms with Crippen LogP contribution in [0, 0.1) is 0 Å². The third-order valence-corrected chi connectivity index (χ3v) is 5.16. The Kier molecular flexibility index (Phi) is 6.85. The lowest BCUT2D eigenvalue weighted by Gasteiger charge is -2.30. The highest BCUT2D eigenvalue weighted by Gasteiger charge is 2.15. The maximum Gasteiger partial charge on any atom is 0.211 e. The molecule has 1 heterocycles. The molecule has 0 unspecified atom stereocenters. The molecule has 2 N–H and O–H groups in total. The summed E-state index contributed by atoms with van der Waals surface area (Å²) in [7, 11) is -3.15. The van der Waals surface area contributed by atoms with Crippen molar-refractivity contribution in [3.8, 4) is 0 Å². The third-order valence-electron chi connectivity index (χ3n) is 3.76. The first kappa shape index (κ1) is 17.7. The Balaban J connectivity index is 1.99. The number of rotatable bonds is 6. The fraction of sp³-hybridized carbons (Fsp3) is 0.562. The Morgan fingerprint density at radius 1 is 1.17 bits per heavy atom. The summed E-state index contributed by atoms with van der Waals surface area (Å²) in [5.41, 5.74) is 0.992. The average Bonchev–Trinajstić information content (AvgIpc) is 2.59. The summed E-state index contributed by atoms with van der Waals surface area (Å²) in [5, 5.41) is 3.36. The topological polar surface area (TPSA) is 73.8 Å². The van der Waals surface area contributed by atoms with Crippen molar-refractivity contribution in [1.29, 1.82) is 0 Å². The number of nitrogens with zero attached hydrogens (tertiary/aromatic N) is 2. The summed E-state index contributed by atoms with van der Waals surface area (Å²) in [6.45, 7) is 4.34. The van der Waals surface area contributed by atoms with Crippen molar-refractivity contribution in [3.05, 3.63) is 30.3 Å². The number of sulfonamides is 1. The number of guanidine groups is 1. The SMILES string of the molecule is CCS(=O)(=O)NCCN=C(Nc1ccccc1)N1CCCCC1. The lowest BCUT2D eigenvalue weighted by molar-refractivity contribution is 0.340. The van der Waals surface area contributed by atoms with E-state index in [1.165, 1.54) is 6.42 Å². The van der Waals surface area contributed by atoms with Crippen LogP contribution in [0.2, 0.25) is 0 Å². The van der Waals surface area contributed by atoms with E-state index < -0.39 is 10.0 Å². The van der Waals surface area contributed by atoms with E-state index in [0.717, 1.165) is 37.6 Å². The highest BCUT2D eigenvalue weighted by molar-refractivity contribution is 7.89. The minimum Gasteiger partial charge on any atom is -0.343 e. The summed E-state index contributed by atoms with van der Waals surface area (Å²) >= 11 is 0. The van der Waals surface area contributed by atoms with Crippen LogP contribution in [0.3, 0.4) is 0 Å². The van der Waals surface area contributed by atoms with Gasteiger partial charge in [-0.25, -0.2) is 13.1 Å². The summed E-state index contributed by atoms with van der Waals surface area (Å²) in [6.07, 6.45) is 3.58. The Bertz CT molecular complexity index is 596. The van der Waals surface area contributed by atoms with Crippen molar-refractivity contribution < 1.29 is 8.42 Å². The van der Waals surface area contributed by atoms with Crippen LogP contribution in [0.5, 0.6) is 0 Å². The number of piperidine rings is 1. The van der Waals surface area contributed by atoms with Crippen molar-refractivity contribution in [2.75, 3.05) is 37.2 Å². The Labute approximate surface area is 139 Å². The molecule has 0 aliphatic carbocycles. The molecule has 128 valence electrons. The summed E-state index contributed by atoms with van der Waals surface area (Å²) in [6, 6.07) is 9.93. The highest BCUT2D eigenvalue weighted by Crippen LogP contribution is 2.12. The predicted molar refractivity (Wildman–Crippen MR) is 95.3 cm³/mol. The van der Waals surface area contributed by atoms with Gasteiger partial charge in [-0.3, -0.25) is 4.99 Å². The number of hydrogen-bond acceptors (Lipinski definition) is 3. The van der Waals surface area contributed by atoms with E-state index in [4.69, 9.17) is 0 Å². The van der Waals surface area contributed by atoms with Gasteiger partial charge in [0.1, 0.15) is 0 Å². The minimum absolute atomic E-state index is 0.0952. The molecule has 0 amide bonds. The molecule has 1 aromatic carbocycles. The molecule has 6 nitrogen and oxygen atoms in total. The maximum absolute atomic E-state index is 11.5. The highest BCUT2D eigenvalue weighted by atomic mass is 32.2. The zero-order valence-corrected chi connectivity index (χ0v) is 14.5. The molecule has 1 aromatic rings. The quantitative estimate of drug-likeness (QED) is 0.472. The first-order valence-corrected chi connectivity index (χ1v) is 9.85. The minimum atomic E-state index is -3.15. The number of anilines is 1. The molecule has 0 atom stereocenters. The van der Waals surface area contributed by atoms with E-state index in [1.54, 1.807) is 6.92 Å². The van der Waals surface area contributed by atoms with E-state index in [1.807, 2.05) is 30.3 Å². The summed E-state index contributed by atoms with van der Waals surface area (Å²) < 4.78 is 25.5. The molecule has 1 aliphatic heterocycles. The molecule has 1 aliphatic rings. The summed E-state index contributed by atoms with van der Waals surface area (Å²) in [5.74, 6) is 0.921. The second-order valence-corrected chi connectivity index (χ2v) is 7.64. The van der Waals surface area contributed by atoms with Crippen LogP contribution < -0.4 is 10.0 Å². The van der Waals surface area contributed by atoms with Gasteiger partial charge < -0.3 is 10.2 Å². The number of hydrogen-bond donors (Lipinski definition) is 2. The molecule has 2 rings (SSSR count). The lowest BCUT2D eigenvalue weighted by Crippen LogP contribution is -2.40. The molecule has 0 spiro atoms. The van der Waals surface area contributed by atoms with Crippen LogP contribution in [-0.4, -0.2) is 51.2 Å². The zero-order chi connectivity index (χ0) is 16.5. The number of benzene rings is 1. The third kappa shape index (κ3) is 6.19. The molecule has 0 aromatic heterocycles. The Hall–Kier alpha value is -1.60. The number of para-hydroxylation sites is 1. The van der Waals surface area contributed by atoms with Gasteiger partial charge in [0.15, 0.2) is 5.96 Å². The van der Waals surface area contributed by atoms with Crippen LogP contribution >= 0.6 is 0 Å². The van der Waals surface area contributed by atoms with Crippen molar-refractivity contribution >= 4 is 21.7 Å². The van der Waals surface area contributed by atoms with E-state index in [-0.39, 0.29) is 5.75 Å². The van der Waals surface area contributed by atoms with E-state index >= 15 is 0 Å². The number of nitrogens with one attached hydrogen (secondary N) is 2. The Morgan fingerprint density at radius 2 is 1.87 bits per heavy atom. The lowest BCUT2D eigenvalue weighted by atomic mass is 10.1. The second-order valence-electron chi connectivity index (χ2n) is 5.54. The molecule has 1 fully saturated rings. The van der Waals surface area contributed by atoms with E-state index in [0.29, 0.717) is 13.1 Å². The fourth-order valence-electron chi connectivity index (χ4n) is 2.44. The molecule has 1 saturated heterocycles. The number of likely N-dealkylation sites (tertiary alicyclic amines) is 1. The molecular weight excluding hydrogens is 312 g/mol. The van der Waals surface area contributed by atoms with Crippen LogP contribution in [0.25, 0.3) is 0 Å². The van der Waals surface area contributed by atoms with Gasteiger partial charge in [0, 0.05) is 25.3 Å². The first-order chi connectivity index (χ1) is 11.1. The second kappa shape index (κ2) is 8.88. The normalized spacial score (nSPS) is 16.4. The smallest absolute Gasteiger partial charge is 0.211 e. The predicted octanol–water partition coefficient (Wildman–Crippen LogP) is 1.88. The van der Waals surface area contributed by atoms with Gasteiger partial charge in [0.25, 0.3) is 0 Å². The molecule has 0 bridgehead atoms. The average molecular weight is 338 g/mol. The molecule has 23 heavy (non-hydrogen) atoms. The van der Waals surface area contributed by atoms with Crippen LogP contribution in [-0.2, 0) is 10.0 Å². The number of aliphatic imine (C=N–C) groups is 1. The molecule has 0 saturated carbocycles. The van der Waals surface area contributed by atoms with Gasteiger partial charge in [-0.1, -0.05) is 18.2 Å². The first-order valence-electron chi connectivity index (χ1n) is 8.19. The van der Waals surface area contributed by atoms with Gasteiger partial charge in [0.2, 0.25) is 10.0 Å². The van der Waals surface area contributed by atoms with E-state index in [2.05, 4.69) is 19.9 Å². The molecule has 0 radical (unpaired) electrons. The fourth-order valence-corrected chi connectivity index (χ4v) is 3.05. The largest absolute Gasteiger partial charge is 0.343 e. The zero-order valence-electron chi connectivity index (χ0n) is 13.7. The van der Waals surface area contributed by atoms with Gasteiger partial charge in [-0.05, 0) is 38.3 Å². The van der Waals surface area contributed by atoms with Crippen molar-refractivity contribution in [2.45, 2.75) is 26.2 Å². The summed E-state index contributed by atoms with van der Waals surface area (Å²) in [4.78, 5) is 6.83. The van der Waals surface area contributed by atoms with Crippen molar-refractivity contribution in [3.63, 3.8) is 0 Å². The van der Waals surface area contributed by atoms with Crippen molar-refractivity contribution in [2.24, 2.45) is 4.99 Å². The van der Waals surface area contributed by atoms with Gasteiger partial charge >= 0.3 is 0 Å². The van der Waals surface area contributed by atoms with Gasteiger partial charge in [0.05, 0.1) is 12.3 Å². The van der Waals surface area contributed by atoms with Crippen LogP contribution in [0.15, 0.2) is 35.3 Å².